The minimum Gasteiger partial charge on any atom is -0.271 e. The predicted octanol–water partition coefficient (Wildman–Crippen LogP) is 2.74. The number of hydrogen-bond acceptors (Lipinski definition) is 2. The molecule has 0 radical (unpaired) electrons. The van der Waals surface area contributed by atoms with Crippen molar-refractivity contribution >= 4 is 0 Å². The SMILES string of the molecule is CCCCCCCC(NN)C(F)(F)F. The van der Waals surface area contributed by atoms with E-state index in [1.807, 2.05) is 5.43 Å². The highest BCUT2D eigenvalue weighted by atomic mass is 19.4. The molecule has 0 aromatic heterocycles. The van der Waals surface area contributed by atoms with Crippen LogP contribution >= 0.6 is 0 Å². The summed E-state index contributed by atoms with van der Waals surface area (Å²) in [6.07, 6.45) is 0.468. The summed E-state index contributed by atoms with van der Waals surface area (Å²) in [6, 6.07) is -1.55. The molecule has 5 heteroatoms. The lowest BCUT2D eigenvalue weighted by Crippen LogP contribution is -2.45. The predicted molar refractivity (Wildman–Crippen MR) is 50.5 cm³/mol. The molecule has 1 atom stereocenters. The second kappa shape index (κ2) is 7.06. The summed E-state index contributed by atoms with van der Waals surface area (Å²) < 4.78 is 36.5. The largest absolute Gasteiger partial charge is 0.405 e. The Balaban J connectivity index is 3.54. The average Bonchev–Trinajstić information content (AvgIpc) is 2.09. The molecule has 1 unspecified atom stereocenters. The Labute approximate surface area is 83.0 Å². The zero-order chi connectivity index (χ0) is 11.0. The van der Waals surface area contributed by atoms with Gasteiger partial charge in [-0.1, -0.05) is 39.0 Å². The van der Waals surface area contributed by atoms with Crippen molar-refractivity contribution in [1.29, 1.82) is 0 Å². The number of hydrogen-bond donors (Lipinski definition) is 2. The molecule has 2 nitrogen and oxygen atoms in total. The number of nitrogens with two attached hydrogens (primary N) is 1. The standard InChI is InChI=1S/C9H19F3N2/c1-2-3-4-5-6-7-8(14-13)9(10,11)12/h8,14H,2-7,13H2,1H3. The third-order valence-electron chi connectivity index (χ3n) is 2.19. The molecule has 0 aromatic rings. The third kappa shape index (κ3) is 6.21. The van der Waals surface area contributed by atoms with Gasteiger partial charge in [-0.3, -0.25) is 5.84 Å². The zero-order valence-corrected chi connectivity index (χ0v) is 8.53. The number of rotatable bonds is 7. The van der Waals surface area contributed by atoms with Crippen LogP contribution in [-0.2, 0) is 0 Å². The molecule has 0 saturated heterocycles. The minimum absolute atomic E-state index is 0.0731. The van der Waals surface area contributed by atoms with Crippen LogP contribution in [0.15, 0.2) is 0 Å². The second-order valence-corrected chi connectivity index (χ2v) is 3.46. The van der Waals surface area contributed by atoms with E-state index in [0.717, 1.165) is 25.7 Å². The number of hydrazine groups is 1. The Hall–Kier alpha value is -0.290. The molecule has 0 fully saturated rings. The van der Waals surface area contributed by atoms with E-state index in [0.29, 0.717) is 6.42 Å². The maximum atomic E-state index is 12.2. The van der Waals surface area contributed by atoms with Gasteiger partial charge in [0.05, 0.1) is 0 Å². The molecule has 0 aliphatic carbocycles. The summed E-state index contributed by atoms with van der Waals surface area (Å²) in [4.78, 5) is 0. The molecule has 0 amide bonds. The van der Waals surface area contributed by atoms with Gasteiger partial charge in [0.1, 0.15) is 6.04 Å². The lowest BCUT2D eigenvalue weighted by Gasteiger charge is -2.18. The van der Waals surface area contributed by atoms with E-state index < -0.39 is 12.2 Å². The van der Waals surface area contributed by atoms with Crippen LogP contribution in [0.1, 0.15) is 45.4 Å². The Kier molecular flexibility index (Phi) is 6.92. The van der Waals surface area contributed by atoms with E-state index in [1.54, 1.807) is 0 Å². The van der Waals surface area contributed by atoms with Gasteiger partial charge >= 0.3 is 6.18 Å². The molecule has 0 bridgehead atoms. The van der Waals surface area contributed by atoms with Crippen LogP contribution in [0.3, 0.4) is 0 Å². The maximum absolute atomic E-state index is 12.2. The Bertz CT molecular complexity index is 137. The average molecular weight is 212 g/mol. The van der Waals surface area contributed by atoms with Gasteiger partial charge in [0, 0.05) is 0 Å². The van der Waals surface area contributed by atoms with Crippen molar-refractivity contribution in [2.45, 2.75) is 57.7 Å². The number of alkyl halides is 3. The van der Waals surface area contributed by atoms with Crippen molar-refractivity contribution in [3.63, 3.8) is 0 Å². The molecular formula is C9H19F3N2. The van der Waals surface area contributed by atoms with Crippen LogP contribution in [0, 0.1) is 0 Å². The maximum Gasteiger partial charge on any atom is 0.405 e. The molecular weight excluding hydrogens is 193 g/mol. The topological polar surface area (TPSA) is 38.0 Å². The quantitative estimate of drug-likeness (QED) is 0.387. The Morgan fingerprint density at radius 1 is 1.14 bits per heavy atom. The molecule has 0 saturated carbocycles. The lowest BCUT2D eigenvalue weighted by molar-refractivity contribution is -0.157. The molecule has 14 heavy (non-hydrogen) atoms. The molecule has 0 aliphatic heterocycles. The molecule has 3 N–H and O–H groups in total. The Morgan fingerprint density at radius 3 is 2.14 bits per heavy atom. The fraction of sp³-hybridized carbons (Fsp3) is 1.00. The van der Waals surface area contributed by atoms with Crippen LogP contribution in [0.4, 0.5) is 13.2 Å². The third-order valence-corrected chi connectivity index (χ3v) is 2.19. The highest BCUT2D eigenvalue weighted by Gasteiger charge is 2.38. The number of unbranched alkanes of at least 4 members (excludes halogenated alkanes) is 4. The summed E-state index contributed by atoms with van der Waals surface area (Å²) in [7, 11) is 0. The molecule has 0 aromatic carbocycles. The van der Waals surface area contributed by atoms with Crippen molar-refractivity contribution in [2.24, 2.45) is 5.84 Å². The summed E-state index contributed by atoms with van der Waals surface area (Å²) in [5.74, 6) is 4.83. The zero-order valence-electron chi connectivity index (χ0n) is 8.53. The van der Waals surface area contributed by atoms with Gasteiger partial charge in [-0.25, -0.2) is 5.43 Å². The highest BCUT2D eigenvalue weighted by molar-refractivity contribution is 4.72. The van der Waals surface area contributed by atoms with Crippen LogP contribution in [0.25, 0.3) is 0 Å². The van der Waals surface area contributed by atoms with E-state index in [9.17, 15) is 13.2 Å². The first-order valence-electron chi connectivity index (χ1n) is 5.05. The summed E-state index contributed by atoms with van der Waals surface area (Å²) in [5, 5.41) is 0. The summed E-state index contributed by atoms with van der Waals surface area (Å²) >= 11 is 0. The van der Waals surface area contributed by atoms with Gasteiger partial charge in [-0.05, 0) is 6.42 Å². The van der Waals surface area contributed by atoms with Gasteiger partial charge in [0.25, 0.3) is 0 Å². The fourth-order valence-electron chi connectivity index (χ4n) is 1.29. The van der Waals surface area contributed by atoms with Crippen molar-refractivity contribution in [3.8, 4) is 0 Å². The lowest BCUT2D eigenvalue weighted by atomic mass is 10.1. The first-order chi connectivity index (χ1) is 6.52. The van der Waals surface area contributed by atoms with Crippen molar-refractivity contribution in [3.05, 3.63) is 0 Å². The van der Waals surface area contributed by atoms with E-state index in [2.05, 4.69) is 6.92 Å². The normalized spacial score (nSPS) is 14.4. The van der Waals surface area contributed by atoms with Crippen molar-refractivity contribution in [2.75, 3.05) is 0 Å². The minimum atomic E-state index is -4.22. The van der Waals surface area contributed by atoms with E-state index >= 15 is 0 Å². The van der Waals surface area contributed by atoms with Crippen LogP contribution in [-0.4, -0.2) is 12.2 Å². The first kappa shape index (κ1) is 13.7. The number of halogens is 3. The van der Waals surface area contributed by atoms with Gasteiger partial charge in [-0.2, -0.15) is 13.2 Å². The van der Waals surface area contributed by atoms with Crippen LogP contribution in [0.5, 0.6) is 0 Å². The van der Waals surface area contributed by atoms with Crippen molar-refractivity contribution < 1.29 is 13.2 Å². The highest BCUT2D eigenvalue weighted by Crippen LogP contribution is 2.23. The smallest absolute Gasteiger partial charge is 0.271 e. The van der Waals surface area contributed by atoms with E-state index in [1.165, 1.54) is 0 Å². The van der Waals surface area contributed by atoms with Gasteiger partial charge in [-0.15, -0.1) is 0 Å². The van der Waals surface area contributed by atoms with E-state index in [4.69, 9.17) is 5.84 Å². The first-order valence-corrected chi connectivity index (χ1v) is 5.05. The van der Waals surface area contributed by atoms with Crippen molar-refractivity contribution in [1.82, 2.24) is 5.43 Å². The molecule has 0 rings (SSSR count). The number of nitrogens with one attached hydrogen (secondary N) is 1. The molecule has 0 aliphatic rings. The molecule has 86 valence electrons. The fourth-order valence-corrected chi connectivity index (χ4v) is 1.29. The summed E-state index contributed by atoms with van der Waals surface area (Å²) in [5.41, 5.74) is 1.81. The van der Waals surface area contributed by atoms with Gasteiger partial charge < -0.3 is 0 Å². The molecule has 0 heterocycles. The Morgan fingerprint density at radius 2 is 1.71 bits per heavy atom. The van der Waals surface area contributed by atoms with Crippen LogP contribution in [0.2, 0.25) is 0 Å². The van der Waals surface area contributed by atoms with Gasteiger partial charge in [0.15, 0.2) is 0 Å². The summed E-state index contributed by atoms with van der Waals surface area (Å²) in [6.45, 7) is 2.07. The van der Waals surface area contributed by atoms with Crippen LogP contribution < -0.4 is 11.3 Å². The van der Waals surface area contributed by atoms with Gasteiger partial charge in [0.2, 0.25) is 0 Å². The molecule has 0 spiro atoms. The monoisotopic (exact) mass is 212 g/mol. The van der Waals surface area contributed by atoms with E-state index in [-0.39, 0.29) is 6.42 Å². The second-order valence-electron chi connectivity index (χ2n) is 3.46.